The second-order valence-electron chi connectivity index (χ2n) is 6.74. The Bertz CT molecular complexity index is 588. The molecule has 3 nitrogen and oxygen atoms in total. The molecule has 1 aromatic rings. The van der Waals surface area contributed by atoms with Crippen LogP contribution in [0.15, 0.2) is 29.8 Å². The van der Waals surface area contributed by atoms with E-state index in [9.17, 15) is 5.11 Å². The number of hydrogen-bond acceptors (Lipinski definition) is 3. The highest BCUT2D eigenvalue weighted by Crippen LogP contribution is 2.34. The average molecular weight is 284 g/mol. The fraction of sp³-hybridized carbons (Fsp3) is 0.500. The molecule has 2 rings (SSSR count). The van der Waals surface area contributed by atoms with Gasteiger partial charge in [0.05, 0.1) is 17.7 Å². The van der Waals surface area contributed by atoms with E-state index in [4.69, 9.17) is 5.26 Å². The Balaban J connectivity index is 2.31. The molecule has 1 atom stereocenters. The number of anilines is 1. The molecule has 0 unspecified atom stereocenters. The number of aliphatic hydroxyl groups excluding tert-OH is 1. The van der Waals surface area contributed by atoms with Crippen LogP contribution in [0.1, 0.15) is 51.3 Å². The van der Waals surface area contributed by atoms with Gasteiger partial charge >= 0.3 is 0 Å². The van der Waals surface area contributed by atoms with Crippen molar-refractivity contribution in [2.75, 3.05) is 18.0 Å². The molecule has 0 spiro atoms. The van der Waals surface area contributed by atoms with Crippen LogP contribution in [0.2, 0.25) is 0 Å². The Kier molecular flexibility index (Phi) is 4.39. The summed E-state index contributed by atoms with van der Waals surface area (Å²) < 4.78 is 0. The van der Waals surface area contributed by atoms with Crippen LogP contribution in [0.25, 0.3) is 0 Å². The highest BCUT2D eigenvalue weighted by molar-refractivity contribution is 5.59. The minimum Gasteiger partial charge on any atom is -0.389 e. The molecule has 0 radical (unpaired) electrons. The van der Waals surface area contributed by atoms with Crippen LogP contribution in [0.5, 0.6) is 0 Å². The molecule has 0 saturated carbocycles. The molecule has 0 aromatic heterocycles. The summed E-state index contributed by atoms with van der Waals surface area (Å²) in [6.45, 7) is 10.3. The molecular formula is C18H24N2O. The molecule has 21 heavy (non-hydrogen) atoms. The van der Waals surface area contributed by atoms with E-state index < -0.39 is 6.10 Å². The first-order valence-electron chi connectivity index (χ1n) is 7.49. The van der Waals surface area contributed by atoms with Crippen LogP contribution < -0.4 is 4.90 Å². The quantitative estimate of drug-likeness (QED) is 0.840. The molecule has 0 fully saturated rings. The molecule has 0 amide bonds. The van der Waals surface area contributed by atoms with Crippen molar-refractivity contribution in [1.82, 2.24) is 0 Å². The van der Waals surface area contributed by atoms with Gasteiger partial charge in [-0.25, -0.2) is 0 Å². The number of rotatable bonds is 2. The van der Waals surface area contributed by atoms with Gasteiger partial charge in [0, 0.05) is 24.3 Å². The normalized spacial score (nSPS) is 17.1. The summed E-state index contributed by atoms with van der Waals surface area (Å²) in [6.07, 6.45) is 2.79. The van der Waals surface area contributed by atoms with Crippen LogP contribution in [-0.2, 0) is 0 Å². The Morgan fingerprint density at radius 3 is 2.52 bits per heavy atom. The molecule has 1 aromatic carbocycles. The summed E-state index contributed by atoms with van der Waals surface area (Å²) in [5.74, 6) is 0. The third-order valence-corrected chi connectivity index (χ3v) is 4.12. The van der Waals surface area contributed by atoms with Crippen LogP contribution in [0.4, 0.5) is 5.69 Å². The predicted molar refractivity (Wildman–Crippen MR) is 86.2 cm³/mol. The first kappa shape index (κ1) is 15.6. The molecule has 1 aliphatic heterocycles. The third kappa shape index (κ3) is 3.46. The lowest BCUT2D eigenvalue weighted by Crippen LogP contribution is -2.32. The third-order valence-electron chi connectivity index (χ3n) is 4.12. The molecule has 0 saturated heterocycles. The van der Waals surface area contributed by atoms with Crippen molar-refractivity contribution in [3.05, 3.63) is 41.0 Å². The first-order chi connectivity index (χ1) is 9.82. The van der Waals surface area contributed by atoms with E-state index in [2.05, 4.69) is 37.8 Å². The first-order valence-corrected chi connectivity index (χ1v) is 7.49. The molecule has 1 N–H and O–H groups in total. The average Bonchev–Trinajstić information content (AvgIpc) is 2.45. The maximum absolute atomic E-state index is 9.96. The fourth-order valence-corrected chi connectivity index (χ4v) is 2.81. The van der Waals surface area contributed by atoms with E-state index in [1.54, 1.807) is 13.0 Å². The maximum Gasteiger partial charge on any atom is 0.0992 e. The molecular weight excluding hydrogens is 260 g/mol. The van der Waals surface area contributed by atoms with E-state index in [-0.39, 0.29) is 5.41 Å². The van der Waals surface area contributed by atoms with Crippen molar-refractivity contribution in [3.8, 4) is 6.07 Å². The minimum atomic E-state index is -0.527. The Morgan fingerprint density at radius 2 is 2.05 bits per heavy atom. The van der Waals surface area contributed by atoms with E-state index in [1.807, 2.05) is 12.1 Å². The zero-order valence-electron chi connectivity index (χ0n) is 13.3. The van der Waals surface area contributed by atoms with E-state index in [1.165, 1.54) is 5.57 Å². The summed E-state index contributed by atoms with van der Waals surface area (Å²) in [5, 5.41) is 19.1. The van der Waals surface area contributed by atoms with Gasteiger partial charge in [-0.1, -0.05) is 38.5 Å². The molecule has 1 aliphatic rings. The largest absolute Gasteiger partial charge is 0.389 e. The topological polar surface area (TPSA) is 47.3 Å². The van der Waals surface area contributed by atoms with Gasteiger partial charge in [-0.15, -0.1) is 0 Å². The molecule has 1 heterocycles. The van der Waals surface area contributed by atoms with Crippen molar-refractivity contribution in [1.29, 1.82) is 5.26 Å². The SMILES string of the molecule is C[C@@H](O)c1ccc(C#N)cc1N1CC=C(C(C)(C)C)CC1. The predicted octanol–water partition coefficient (Wildman–Crippen LogP) is 3.79. The van der Waals surface area contributed by atoms with Crippen LogP contribution in [0, 0.1) is 16.7 Å². The Labute approximate surface area is 127 Å². The van der Waals surface area contributed by atoms with Gasteiger partial charge in [0.25, 0.3) is 0 Å². The maximum atomic E-state index is 9.96. The van der Waals surface area contributed by atoms with Crippen molar-refractivity contribution in [2.24, 2.45) is 5.41 Å². The van der Waals surface area contributed by atoms with Gasteiger partial charge in [-0.3, -0.25) is 0 Å². The summed E-state index contributed by atoms with van der Waals surface area (Å²) in [6, 6.07) is 7.70. The molecule has 3 heteroatoms. The van der Waals surface area contributed by atoms with Crippen molar-refractivity contribution in [3.63, 3.8) is 0 Å². The second-order valence-corrected chi connectivity index (χ2v) is 6.74. The van der Waals surface area contributed by atoms with Gasteiger partial charge in [-0.2, -0.15) is 5.26 Å². The highest BCUT2D eigenvalue weighted by Gasteiger charge is 2.23. The number of benzene rings is 1. The summed E-state index contributed by atoms with van der Waals surface area (Å²) >= 11 is 0. The van der Waals surface area contributed by atoms with Crippen LogP contribution in [-0.4, -0.2) is 18.2 Å². The van der Waals surface area contributed by atoms with E-state index in [0.717, 1.165) is 30.8 Å². The molecule has 0 bridgehead atoms. The summed E-state index contributed by atoms with van der Waals surface area (Å²) in [5.41, 5.74) is 4.21. The zero-order chi connectivity index (χ0) is 15.6. The Hall–Kier alpha value is -1.79. The van der Waals surface area contributed by atoms with Crippen molar-refractivity contribution >= 4 is 5.69 Å². The zero-order valence-corrected chi connectivity index (χ0v) is 13.3. The molecule has 0 aliphatic carbocycles. The van der Waals surface area contributed by atoms with Crippen molar-refractivity contribution < 1.29 is 5.11 Å². The standard InChI is InChI=1S/C18H24N2O/c1-13(21)16-6-5-14(12-19)11-17(16)20-9-7-15(8-10-20)18(2,3)4/h5-7,11,13,21H,8-10H2,1-4H3/t13-/m1/s1. The monoisotopic (exact) mass is 284 g/mol. The number of aliphatic hydroxyl groups is 1. The Morgan fingerprint density at radius 1 is 1.33 bits per heavy atom. The van der Waals surface area contributed by atoms with Crippen molar-refractivity contribution in [2.45, 2.75) is 40.2 Å². The lowest BCUT2D eigenvalue weighted by atomic mass is 9.83. The van der Waals surface area contributed by atoms with Crippen LogP contribution in [0.3, 0.4) is 0 Å². The number of hydrogen-bond donors (Lipinski definition) is 1. The number of nitrogens with zero attached hydrogens (tertiary/aromatic N) is 2. The van der Waals surface area contributed by atoms with Gasteiger partial charge in [-0.05, 0) is 30.9 Å². The summed E-state index contributed by atoms with van der Waals surface area (Å²) in [4.78, 5) is 2.25. The van der Waals surface area contributed by atoms with Crippen LogP contribution >= 0.6 is 0 Å². The van der Waals surface area contributed by atoms with Gasteiger partial charge in [0.2, 0.25) is 0 Å². The number of nitriles is 1. The minimum absolute atomic E-state index is 0.216. The smallest absolute Gasteiger partial charge is 0.0992 e. The van der Waals surface area contributed by atoms with Gasteiger partial charge in [0.15, 0.2) is 0 Å². The van der Waals surface area contributed by atoms with Gasteiger partial charge in [0.1, 0.15) is 0 Å². The lowest BCUT2D eigenvalue weighted by molar-refractivity contribution is 0.199. The second kappa shape index (κ2) is 5.91. The fourth-order valence-electron chi connectivity index (χ4n) is 2.81. The summed E-state index contributed by atoms with van der Waals surface area (Å²) in [7, 11) is 0. The highest BCUT2D eigenvalue weighted by atomic mass is 16.3. The van der Waals surface area contributed by atoms with Gasteiger partial charge < -0.3 is 10.0 Å². The lowest BCUT2D eigenvalue weighted by Gasteiger charge is -2.34. The van der Waals surface area contributed by atoms with E-state index in [0.29, 0.717) is 5.56 Å². The molecule has 112 valence electrons. The van der Waals surface area contributed by atoms with E-state index >= 15 is 0 Å².